The number of fused-ring (bicyclic) bond motifs is 11. The van der Waals surface area contributed by atoms with Gasteiger partial charge in [0.15, 0.2) is 17.5 Å². The highest BCUT2D eigenvalue weighted by Gasteiger charge is 2.31. The minimum Gasteiger partial charge on any atom is -0.456 e. The highest BCUT2D eigenvalue weighted by Crippen LogP contribution is 2.49. The molecule has 2 aliphatic carbocycles. The lowest BCUT2D eigenvalue weighted by Crippen LogP contribution is -2.18. The summed E-state index contributed by atoms with van der Waals surface area (Å²) in [6.07, 6.45) is 11.6. The molecule has 4 nitrogen and oxygen atoms in total. The van der Waals surface area contributed by atoms with E-state index < -0.39 is 0 Å². The lowest BCUT2D eigenvalue weighted by atomic mass is 9.70. The third-order valence-electron chi connectivity index (χ3n) is 11.5. The first kappa shape index (κ1) is 31.4. The topological polar surface area (TPSA) is 51.8 Å². The van der Waals surface area contributed by atoms with E-state index in [1.807, 2.05) is 47.7 Å². The largest absolute Gasteiger partial charge is 0.456 e. The van der Waals surface area contributed by atoms with Crippen LogP contribution in [-0.2, 0) is 0 Å². The second kappa shape index (κ2) is 12.3. The van der Waals surface area contributed by atoms with E-state index in [0.717, 1.165) is 44.0 Å². The van der Waals surface area contributed by atoms with E-state index in [4.69, 9.17) is 19.4 Å². The number of hydrogen-bond donors (Lipinski definition) is 0. The molecule has 3 aromatic heterocycles. The maximum atomic E-state index is 6.29. The molecule has 0 aliphatic heterocycles. The predicted molar refractivity (Wildman–Crippen MR) is 233 cm³/mol. The number of furan rings is 1. The fourth-order valence-electron chi connectivity index (χ4n) is 8.89. The standard InChI is InChI=1S/C51H31N3OS/c1-2-12-31(13-3-1)49-52-50(33-22-25-39-38-17-8-9-19-44(38)55-45(39)28-33)54-51(53-49)40-18-10-20-47-48(40)43-27-32(23-26-46(43)56-47)41-29-42-34-14-5-4-11-30(34)21-24-37(42)35-15-6-7-16-36(35)41/h1-29,35-36H. The second-order valence-electron chi connectivity index (χ2n) is 14.7. The molecule has 0 saturated carbocycles. The van der Waals surface area contributed by atoms with E-state index in [1.165, 1.54) is 47.8 Å². The lowest BCUT2D eigenvalue weighted by Gasteiger charge is -2.33. The van der Waals surface area contributed by atoms with Crippen LogP contribution in [0.4, 0.5) is 0 Å². The molecule has 0 fully saturated rings. The molecule has 0 N–H and O–H groups in total. The van der Waals surface area contributed by atoms with Gasteiger partial charge in [-0.2, -0.15) is 0 Å². The Kier molecular flexibility index (Phi) is 6.89. The Morgan fingerprint density at radius 1 is 0.482 bits per heavy atom. The fraction of sp³-hybridized carbons (Fsp3) is 0.0392. The first-order chi connectivity index (χ1) is 27.7. The van der Waals surface area contributed by atoms with Crippen molar-refractivity contribution in [2.45, 2.75) is 5.92 Å². The first-order valence-corrected chi connectivity index (χ1v) is 19.8. The summed E-state index contributed by atoms with van der Waals surface area (Å²) in [4.78, 5) is 15.5. The van der Waals surface area contributed by atoms with Crippen LogP contribution in [-0.4, -0.2) is 15.0 Å². The average molecular weight is 734 g/mol. The van der Waals surface area contributed by atoms with Crippen LogP contribution in [0, 0.1) is 5.92 Å². The van der Waals surface area contributed by atoms with Crippen LogP contribution >= 0.6 is 11.3 Å². The van der Waals surface area contributed by atoms with Crippen molar-refractivity contribution >= 4 is 75.9 Å². The van der Waals surface area contributed by atoms with E-state index in [2.05, 4.69) is 140 Å². The van der Waals surface area contributed by atoms with Crippen molar-refractivity contribution < 1.29 is 4.42 Å². The zero-order valence-electron chi connectivity index (χ0n) is 30.1. The molecular formula is C51H31N3OS. The van der Waals surface area contributed by atoms with Gasteiger partial charge in [-0.15, -0.1) is 11.3 Å². The third kappa shape index (κ3) is 4.88. The van der Waals surface area contributed by atoms with Gasteiger partial charge in [0, 0.05) is 59.5 Å². The quantitative estimate of drug-likeness (QED) is 0.181. The van der Waals surface area contributed by atoms with E-state index in [-0.39, 0.29) is 11.8 Å². The SMILES string of the molecule is C1=CC2C(c3ccc4sc5cccc(-c6nc(-c7ccccc7)nc(-c7ccc8c(c7)oc7ccccc78)n6)c5c4c3)=Cc3c(ccc4ccccc34)C2C=C1. The van der Waals surface area contributed by atoms with Crippen LogP contribution in [0.5, 0.6) is 0 Å². The number of rotatable bonds is 4. The summed E-state index contributed by atoms with van der Waals surface area (Å²) in [6.45, 7) is 0. The van der Waals surface area contributed by atoms with Crippen LogP contribution in [0.2, 0.25) is 0 Å². The van der Waals surface area contributed by atoms with Crippen molar-refractivity contribution in [2.75, 3.05) is 0 Å². The van der Waals surface area contributed by atoms with Crippen LogP contribution < -0.4 is 0 Å². The molecule has 0 saturated heterocycles. The van der Waals surface area contributed by atoms with Crippen molar-refractivity contribution in [1.82, 2.24) is 15.0 Å². The minimum absolute atomic E-state index is 0.249. The summed E-state index contributed by atoms with van der Waals surface area (Å²) >= 11 is 1.82. The van der Waals surface area contributed by atoms with Gasteiger partial charge in [0.2, 0.25) is 0 Å². The number of hydrogen-bond acceptors (Lipinski definition) is 5. The molecule has 7 aromatic carbocycles. The van der Waals surface area contributed by atoms with Crippen LogP contribution in [0.25, 0.3) is 98.7 Å². The molecule has 2 unspecified atom stereocenters. The molecule has 2 atom stereocenters. The van der Waals surface area contributed by atoms with Gasteiger partial charge in [0.1, 0.15) is 11.2 Å². The molecule has 5 heteroatoms. The zero-order valence-corrected chi connectivity index (χ0v) is 30.9. The summed E-state index contributed by atoms with van der Waals surface area (Å²) in [5.41, 5.74) is 9.77. The Balaban J connectivity index is 1.06. The molecule has 10 aromatic rings. The smallest absolute Gasteiger partial charge is 0.164 e. The summed E-state index contributed by atoms with van der Waals surface area (Å²) in [5.74, 6) is 2.42. The van der Waals surface area contributed by atoms with Gasteiger partial charge >= 0.3 is 0 Å². The monoisotopic (exact) mass is 733 g/mol. The fourth-order valence-corrected chi connectivity index (χ4v) is 10.0. The molecule has 3 heterocycles. The van der Waals surface area contributed by atoms with Gasteiger partial charge < -0.3 is 4.42 Å². The lowest BCUT2D eigenvalue weighted by molar-refractivity contribution is 0.669. The molecule has 0 amide bonds. The summed E-state index contributed by atoms with van der Waals surface area (Å²) in [5, 5.41) is 7.11. The van der Waals surface area contributed by atoms with Crippen molar-refractivity contribution in [2.24, 2.45) is 5.92 Å². The highest BCUT2D eigenvalue weighted by molar-refractivity contribution is 7.25. The van der Waals surface area contributed by atoms with E-state index in [0.29, 0.717) is 17.5 Å². The molecule has 2 aliphatic rings. The van der Waals surface area contributed by atoms with Crippen molar-refractivity contribution in [3.05, 3.63) is 187 Å². The Hall–Kier alpha value is -6.95. The van der Waals surface area contributed by atoms with Crippen molar-refractivity contribution in [3.8, 4) is 34.2 Å². The maximum absolute atomic E-state index is 6.29. The number of nitrogens with zero attached hydrogens (tertiary/aromatic N) is 3. The molecule has 262 valence electrons. The highest BCUT2D eigenvalue weighted by atomic mass is 32.1. The number of para-hydroxylation sites is 1. The van der Waals surface area contributed by atoms with Crippen LogP contribution in [0.15, 0.2) is 174 Å². The Morgan fingerprint density at radius 2 is 1.23 bits per heavy atom. The number of allylic oxidation sites excluding steroid dienone is 5. The van der Waals surface area contributed by atoms with E-state index >= 15 is 0 Å². The van der Waals surface area contributed by atoms with Crippen LogP contribution in [0.1, 0.15) is 22.6 Å². The summed E-state index contributed by atoms with van der Waals surface area (Å²) < 4.78 is 8.73. The normalized spacial score (nSPS) is 16.2. The van der Waals surface area contributed by atoms with Gasteiger partial charge in [-0.1, -0.05) is 133 Å². The van der Waals surface area contributed by atoms with Gasteiger partial charge in [-0.25, -0.2) is 15.0 Å². The van der Waals surface area contributed by atoms with Crippen molar-refractivity contribution in [3.63, 3.8) is 0 Å². The van der Waals surface area contributed by atoms with Crippen LogP contribution in [0.3, 0.4) is 0 Å². The number of benzene rings is 7. The van der Waals surface area contributed by atoms with Gasteiger partial charge in [-0.3, -0.25) is 0 Å². The Morgan fingerprint density at radius 3 is 2.14 bits per heavy atom. The average Bonchev–Trinajstić information content (AvgIpc) is 3.84. The molecular weight excluding hydrogens is 703 g/mol. The molecule has 56 heavy (non-hydrogen) atoms. The third-order valence-corrected chi connectivity index (χ3v) is 12.7. The zero-order chi connectivity index (χ0) is 36.7. The predicted octanol–water partition coefficient (Wildman–Crippen LogP) is 13.7. The molecule has 0 radical (unpaired) electrons. The van der Waals surface area contributed by atoms with Gasteiger partial charge in [-0.05, 0) is 75.5 Å². The minimum atomic E-state index is 0.249. The second-order valence-corrected chi connectivity index (χ2v) is 15.8. The van der Waals surface area contributed by atoms with Gasteiger partial charge in [0.25, 0.3) is 0 Å². The molecule has 12 rings (SSSR count). The van der Waals surface area contributed by atoms with E-state index in [1.54, 1.807) is 0 Å². The Labute approximate surface area is 326 Å². The molecule has 0 spiro atoms. The van der Waals surface area contributed by atoms with Gasteiger partial charge in [0.05, 0.1) is 0 Å². The Bertz CT molecular complexity index is 3330. The summed E-state index contributed by atoms with van der Waals surface area (Å²) in [6, 6.07) is 51.4. The maximum Gasteiger partial charge on any atom is 0.164 e. The molecule has 0 bridgehead atoms. The number of thiophene rings is 1. The van der Waals surface area contributed by atoms with Crippen molar-refractivity contribution in [1.29, 1.82) is 0 Å². The summed E-state index contributed by atoms with van der Waals surface area (Å²) in [7, 11) is 0. The van der Waals surface area contributed by atoms with E-state index in [9.17, 15) is 0 Å². The first-order valence-electron chi connectivity index (χ1n) is 19.0. The number of aromatic nitrogens is 3.